The van der Waals surface area contributed by atoms with Crippen molar-refractivity contribution in [2.24, 2.45) is 0 Å². The fourth-order valence-electron chi connectivity index (χ4n) is 3.96. The fourth-order valence-corrected chi connectivity index (χ4v) is 3.96. The van der Waals surface area contributed by atoms with Crippen molar-refractivity contribution in [3.63, 3.8) is 0 Å². The molecule has 2 amide bonds. The number of halogens is 1. The zero-order valence-electron chi connectivity index (χ0n) is 20.7. The van der Waals surface area contributed by atoms with Crippen LogP contribution < -0.4 is 15.0 Å². The molecule has 1 N–H and O–H groups in total. The van der Waals surface area contributed by atoms with Gasteiger partial charge in [-0.3, -0.25) is 9.59 Å². The van der Waals surface area contributed by atoms with E-state index in [1.54, 1.807) is 41.3 Å². The molecule has 0 spiro atoms. The first kappa shape index (κ1) is 25.1. The fraction of sp³-hybridized carbons (Fsp3) is 0.333. The van der Waals surface area contributed by atoms with E-state index >= 15 is 0 Å². The van der Waals surface area contributed by atoms with Gasteiger partial charge in [0, 0.05) is 43.9 Å². The third-order valence-electron chi connectivity index (χ3n) is 5.89. The van der Waals surface area contributed by atoms with Gasteiger partial charge in [-0.15, -0.1) is 0 Å². The van der Waals surface area contributed by atoms with Crippen molar-refractivity contribution in [3.05, 3.63) is 77.5 Å². The highest BCUT2D eigenvalue weighted by atomic mass is 19.1. The van der Waals surface area contributed by atoms with E-state index in [-0.39, 0.29) is 24.1 Å². The smallest absolute Gasteiger partial charge is 0.262 e. The maximum atomic E-state index is 13.8. The zero-order valence-corrected chi connectivity index (χ0v) is 20.7. The van der Waals surface area contributed by atoms with Crippen molar-refractivity contribution in [1.82, 2.24) is 14.9 Å². The number of aryl methyl sites for hydroxylation is 1. The first-order chi connectivity index (χ1) is 17.3. The van der Waals surface area contributed by atoms with Gasteiger partial charge in [0.15, 0.2) is 6.61 Å². The number of nitrogens with zero attached hydrogens (tertiary/aromatic N) is 4. The molecule has 1 aliphatic rings. The molecule has 0 radical (unpaired) electrons. The number of para-hydroxylation sites is 2. The Balaban J connectivity index is 1.37. The lowest BCUT2D eigenvalue weighted by atomic mass is 10.1. The number of piperazine rings is 1. The lowest BCUT2D eigenvalue weighted by Crippen LogP contribution is -2.49. The molecule has 36 heavy (non-hydrogen) atoms. The van der Waals surface area contributed by atoms with Crippen LogP contribution >= 0.6 is 0 Å². The molecule has 3 aromatic rings. The van der Waals surface area contributed by atoms with Crippen LogP contribution in [0, 0.1) is 12.7 Å². The SMILES string of the molecule is Cc1cc(N2CCN(C(=O)c3ccccc3OCC(=O)Nc3ccccc3F)CC2)nc(C(C)C)n1. The van der Waals surface area contributed by atoms with Crippen LogP contribution in [0.25, 0.3) is 0 Å². The molecule has 0 unspecified atom stereocenters. The Bertz CT molecular complexity index is 1240. The van der Waals surface area contributed by atoms with Crippen molar-refractivity contribution in [2.75, 3.05) is 43.0 Å². The molecule has 4 rings (SSSR count). The van der Waals surface area contributed by atoms with Gasteiger partial charge in [-0.2, -0.15) is 0 Å². The summed E-state index contributed by atoms with van der Waals surface area (Å²) in [5.41, 5.74) is 1.38. The Morgan fingerprint density at radius 1 is 1.03 bits per heavy atom. The molecular weight excluding hydrogens is 461 g/mol. The number of ether oxygens (including phenoxy) is 1. The number of hydrogen-bond donors (Lipinski definition) is 1. The molecule has 9 heteroatoms. The van der Waals surface area contributed by atoms with Gasteiger partial charge in [-0.25, -0.2) is 14.4 Å². The minimum Gasteiger partial charge on any atom is -0.483 e. The third kappa shape index (κ3) is 5.97. The minimum atomic E-state index is -0.530. The zero-order chi connectivity index (χ0) is 25.7. The number of amides is 2. The van der Waals surface area contributed by atoms with Gasteiger partial charge in [0.25, 0.3) is 11.8 Å². The molecule has 8 nitrogen and oxygen atoms in total. The van der Waals surface area contributed by atoms with E-state index in [1.165, 1.54) is 12.1 Å². The molecule has 0 bridgehead atoms. The summed E-state index contributed by atoms with van der Waals surface area (Å²) in [6, 6.07) is 14.7. The van der Waals surface area contributed by atoms with Crippen LogP contribution in [0.2, 0.25) is 0 Å². The van der Waals surface area contributed by atoms with E-state index in [1.807, 2.05) is 13.0 Å². The number of rotatable bonds is 7. The number of benzene rings is 2. The number of aromatic nitrogens is 2. The van der Waals surface area contributed by atoms with Crippen molar-refractivity contribution in [2.45, 2.75) is 26.7 Å². The average molecular weight is 492 g/mol. The lowest BCUT2D eigenvalue weighted by Gasteiger charge is -2.36. The third-order valence-corrected chi connectivity index (χ3v) is 5.89. The Morgan fingerprint density at radius 3 is 2.44 bits per heavy atom. The van der Waals surface area contributed by atoms with Gasteiger partial charge in [-0.1, -0.05) is 38.1 Å². The summed E-state index contributed by atoms with van der Waals surface area (Å²) in [6.45, 7) is 8.10. The largest absolute Gasteiger partial charge is 0.483 e. The number of hydrogen-bond acceptors (Lipinski definition) is 6. The van der Waals surface area contributed by atoms with E-state index in [0.717, 1.165) is 17.3 Å². The predicted molar refractivity (Wildman–Crippen MR) is 136 cm³/mol. The predicted octanol–water partition coefficient (Wildman–Crippen LogP) is 4.03. The molecule has 188 valence electrons. The maximum absolute atomic E-state index is 13.8. The summed E-state index contributed by atoms with van der Waals surface area (Å²) in [7, 11) is 0. The summed E-state index contributed by atoms with van der Waals surface area (Å²) < 4.78 is 19.4. The molecule has 1 saturated heterocycles. The van der Waals surface area contributed by atoms with Crippen molar-refractivity contribution < 1.29 is 18.7 Å². The normalized spacial score (nSPS) is 13.6. The summed E-state index contributed by atoms with van der Waals surface area (Å²) in [6.07, 6.45) is 0. The Morgan fingerprint density at radius 2 is 1.72 bits per heavy atom. The maximum Gasteiger partial charge on any atom is 0.262 e. The van der Waals surface area contributed by atoms with E-state index in [4.69, 9.17) is 9.72 Å². The van der Waals surface area contributed by atoms with Crippen LogP contribution in [0.3, 0.4) is 0 Å². The molecule has 1 aromatic heterocycles. The lowest BCUT2D eigenvalue weighted by molar-refractivity contribution is -0.118. The molecule has 0 aliphatic carbocycles. The van der Waals surface area contributed by atoms with Crippen molar-refractivity contribution in [1.29, 1.82) is 0 Å². The molecule has 0 atom stereocenters. The average Bonchev–Trinajstić information content (AvgIpc) is 2.88. The molecular formula is C27H30FN5O3. The number of nitrogens with one attached hydrogen (secondary N) is 1. The van der Waals surface area contributed by atoms with Crippen LogP contribution in [-0.2, 0) is 4.79 Å². The Hall–Kier alpha value is -4.01. The molecule has 1 fully saturated rings. The second kappa shape index (κ2) is 11.2. The number of anilines is 2. The van der Waals surface area contributed by atoms with Crippen molar-refractivity contribution >= 4 is 23.3 Å². The van der Waals surface area contributed by atoms with Crippen molar-refractivity contribution in [3.8, 4) is 5.75 Å². The van der Waals surface area contributed by atoms with Crippen LogP contribution in [0.4, 0.5) is 15.9 Å². The second-order valence-corrected chi connectivity index (χ2v) is 8.97. The van der Waals surface area contributed by atoms with Crippen LogP contribution in [0.15, 0.2) is 54.6 Å². The first-order valence-electron chi connectivity index (χ1n) is 12.0. The first-order valence-corrected chi connectivity index (χ1v) is 12.0. The highest BCUT2D eigenvalue weighted by molar-refractivity contribution is 5.97. The molecule has 0 saturated carbocycles. The topological polar surface area (TPSA) is 87.7 Å². The van der Waals surface area contributed by atoms with Gasteiger partial charge >= 0.3 is 0 Å². The van der Waals surface area contributed by atoms with Gasteiger partial charge < -0.3 is 19.9 Å². The van der Waals surface area contributed by atoms with Gasteiger partial charge in [0.05, 0.1) is 11.3 Å². The van der Waals surface area contributed by atoms with Crippen LogP contribution in [0.5, 0.6) is 5.75 Å². The highest BCUT2D eigenvalue weighted by Crippen LogP contribution is 2.23. The molecule has 2 heterocycles. The number of carbonyl (C=O) groups excluding carboxylic acids is 2. The monoisotopic (exact) mass is 491 g/mol. The Labute approximate surface area is 210 Å². The summed E-state index contributed by atoms with van der Waals surface area (Å²) in [4.78, 5) is 38.7. The van der Waals surface area contributed by atoms with Crippen LogP contribution in [0.1, 0.15) is 41.6 Å². The summed E-state index contributed by atoms with van der Waals surface area (Å²) >= 11 is 0. The van der Waals surface area contributed by atoms with E-state index < -0.39 is 11.7 Å². The van der Waals surface area contributed by atoms with Gasteiger partial charge in [0.2, 0.25) is 0 Å². The minimum absolute atomic E-state index is 0.0766. The summed E-state index contributed by atoms with van der Waals surface area (Å²) in [5.74, 6) is 1.02. The van der Waals surface area contributed by atoms with E-state index in [2.05, 4.69) is 29.0 Å². The number of carbonyl (C=O) groups is 2. The summed E-state index contributed by atoms with van der Waals surface area (Å²) in [5, 5.41) is 2.48. The highest BCUT2D eigenvalue weighted by Gasteiger charge is 2.25. The van der Waals surface area contributed by atoms with Gasteiger partial charge in [0.1, 0.15) is 23.2 Å². The van der Waals surface area contributed by atoms with Gasteiger partial charge in [-0.05, 0) is 31.2 Å². The molecule has 1 aliphatic heterocycles. The second-order valence-electron chi connectivity index (χ2n) is 8.97. The Kier molecular flexibility index (Phi) is 7.77. The standard InChI is InChI=1S/C27H30FN5O3/c1-18(2)26-29-19(3)16-24(31-26)32-12-14-33(15-13-32)27(35)20-8-4-7-11-23(20)36-17-25(34)30-22-10-6-5-9-21(22)28/h4-11,16,18H,12-15,17H2,1-3H3,(H,30,34). The van der Waals surface area contributed by atoms with E-state index in [9.17, 15) is 14.0 Å². The van der Waals surface area contributed by atoms with Crippen LogP contribution in [-0.4, -0.2) is 59.5 Å². The molecule has 2 aromatic carbocycles. The van der Waals surface area contributed by atoms with E-state index in [0.29, 0.717) is 37.5 Å². The quantitative estimate of drug-likeness (QED) is 0.537.